The Balaban J connectivity index is 2.30. The average Bonchev–Trinajstić information content (AvgIpc) is 3.07. The first-order valence-corrected chi connectivity index (χ1v) is 9.70. The van der Waals surface area contributed by atoms with E-state index >= 15 is 0 Å². The van der Waals surface area contributed by atoms with Crippen LogP contribution in [0.15, 0.2) is 84.0 Å². The summed E-state index contributed by atoms with van der Waals surface area (Å²) in [6, 6.07) is 22.1. The highest BCUT2D eigenvalue weighted by atomic mass is 14.5. The molecule has 0 amide bonds. The normalized spacial score (nSPS) is 15.6. The Morgan fingerprint density at radius 3 is 1.46 bits per heavy atom. The van der Waals surface area contributed by atoms with Crippen LogP contribution in [0.5, 0.6) is 0 Å². The standard InChI is InChI=1S/C26H32/c1-24(2,3)22-17-18-23(19-22)26(25(4,5)6,20-13-9-7-10-14-20)21-15-11-8-12-16-21/h7-17,19H,18H2,1-6H3. The van der Waals surface area contributed by atoms with Gasteiger partial charge in [-0.05, 0) is 34.0 Å². The minimum atomic E-state index is -0.140. The van der Waals surface area contributed by atoms with E-state index in [0.717, 1.165) is 6.42 Å². The lowest BCUT2D eigenvalue weighted by Gasteiger charge is -2.47. The molecule has 0 unspecified atom stereocenters. The minimum Gasteiger partial charge on any atom is -0.0767 e. The molecule has 0 aromatic heterocycles. The molecule has 0 atom stereocenters. The van der Waals surface area contributed by atoms with Crippen molar-refractivity contribution in [3.63, 3.8) is 0 Å². The van der Waals surface area contributed by atoms with E-state index in [1.807, 2.05) is 0 Å². The average molecular weight is 345 g/mol. The van der Waals surface area contributed by atoms with E-state index in [-0.39, 0.29) is 16.2 Å². The fourth-order valence-corrected chi connectivity index (χ4v) is 4.57. The van der Waals surface area contributed by atoms with Crippen LogP contribution in [0.1, 0.15) is 59.1 Å². The summed E-state index contributed by atoms with van der Waals surface area (Å²) in [6.45, 7) is 14.1. The second-order valence-electron chi connectivity index (χ2n) is 9.52. The second kappa shape index (κ2) is 6.58. The summed E-state index contributed by atoms with van der Waals surface area (Å²) in [5.41, 5.74) is 5.81. The lowest BCUT2D eigenvalue weighted by atomic mass is 9.55. The van der Waals surface area contributed by atoms with Gasteiger partial charge in [-0.3, -0.25) is 0 Å². The molecule has 1 aliphatic carbocycles. The number of hydrogen-bond acceptors (Lipinski definition) is 0. The van der Waals surface area contributed by atoms with Crippen molar-refractivity contribution < 1.29 is 0 Å². The van der Waals surface area contributed by atoms with Crippen LogP contribution in [0, 0.1) is 10.8 Å². The monoisotopic (exact) mass is 344 g/mol. The van der Waals surface area contributed by atoms with Gasteiger partial charge in [-0.1, -0.05) is 120 Å². The predicted molar refractivity (Wildman–Crippen MR) is 113 cm³/mol. The zero-order valence-corrected chi connectivity index (χ0v) is 17.1. The van der Waals surface area contributed by atoms with Gasteiger partial charge < -0.3 is 0 Å². The van der Waals surface area contributed by atoms with Crippen molar-refractivity contribution in [2.45, 2.75) is 53.4 Å². The third-order valence-corrected chi connectivity index (χ3v) is 5.76. The molecule has 0 radical (unpaired) electrons. The van der Waals surface area contributed by atoms with Gasteiger partial charge in [0.1, 0.15) is 0 Å². The van der Waals surface area contributed by atoms with E-state index < -0.39 is 0 Å². The molecule has 2 aromatic rings. The number of hydrogen-bond donors (Lipinski definition) is 0. The molecule has 0 bridgehead atoms. The van der Waals surface area contributed by atoms with Gasteiger partial charge in [0.25, 0.3) is 0 Å². The maximum absolute atomic E-state index is 2.48. The van der Waals surface area contributed by atoms with Gasteiger partial charge in [0.2, 0.25) is 0 Å². The Hall–Kier alpha value is -2.08. The molecule has 0 nitrogen and oxygen atoms in total. The van der Waals surface area contributed by atoms with E-state index in [2.05, 4.69) is 114 Å². The van der Waals surface area contributed by atoms with Crippen LogP contribution in [-0.4, -0.2) is 0 Å². The molecule has 0 spiro atoms. The lowest BCUT2D eigenvalue weighted by Crippen LogP contribution is -2.43. The van der Waals surface area contributed by atoms with Gasteiger partial charge in [-0.2, -0.15) is 0 Å². The van der Waals surface area contributed by atoms with Crippen LogP contribution in [0.4, 0.5) is 0 Å². The molecule has 0 heterocycles. The lowest BCUT2D eigenvalue weighted by molar-refractivity contribution is 0.265. The summed E-state index contributed by atoms with van der Waals surface area (Å²) in [5, 5.41) is 0. The van der Waals surface area contributed by atoms with Crippen molar-refractivity contribution in [3.8, 4) is 0 Å². The molecule has 0 saturated carbocycles. The summed E-state index contributed by atoms with van der Waals surface area (Å²) in [7, 11) is 0. The third-order valence-electron chi connectivity index (χ3n) is 5.76. The predicted octanol–water partition coefficient (Wildman–Crippen LogP) is 7.32. The number of allylic oxidation sites excluding steroid dienone is 4. The maximum atomic E-state index is 2.48. The molecule has 0 aliphatic heterocycles. The highest BCUT2D eigenvalue weighted by Crippen LogP contribution is 2.55. The Bertz CT molecular complexity index is 766. The van der Waals surface area contributed by atoms with Crippen LogP contribution in [-0.2, 0) is 5.41 Å². The molecule has 0 heteroatoms. The summed E-state index contributed by atoms with van der Waals surface area (Å²) in [4.78, 5) is 0. The highest BCUT2D eigenvalue weighted by Gasteiger charge is 2.48. The number of benzene rings is 2. The Morgan fingerprint density at radius 1 is 0.654 bits per heavy atom. The van der Waals surface area contributed by atoms with Crippen LogP contribution in [0.2, 0.25) is 0 Å². The smallest absolute Gasteiger partial charge is 0.0465 e. The molecule has 1 aliphatic rings. The fraction of sp³-hybridized carbons (Fsp3) is 0.385. The van der Waals surface area contributed by atoms with Gasteiger partial charge in [0.15, 0.2) is 0 Å². The summed E-state index contributed by atoms with van der Waals surface area (Å²) < 4.78 is 0. The van der Waals surface area contributed by atoms with Gasteiger partial charge in [-0.25, -0.2) is 0 Å². The molecule has 136 valence electrons. The summed E-state index contributed by atoms with van der Waals surface area (Å²) in [6.07, 6.45) is 5.93. The van der Waals surface area contributed by atoms with E-state index in [9.17, 15) is 0 Å². The van der Waals surface area contributed by atoms with Crippen LogP contribution >= 0.6 is 0 Å². The van der Waals surface area contributed by atoms with Crippen molar-refractivity contribution in [2.24, 2.45) is 10.8 Å². The summed E-state index contributed by atoms with van der Waals surface area (Å²) in [5.74, 6) is 0. The van der Waals surface area contributed by atoms with Crippen molar-refractivity contribution in [2.75, 3.05) is 0 Å². The second-order valence-corrected chi connectivity index (χ2v) is 9.52. The van der Waals surface area contributed by atoms with E-state index in [4.69, 9.17) is 0 Å². The van der Waals surface area contributed by atoms with E-state index in [1.165, 1.54) is 22.3 Å². The fourth-order valence-electron chi connectivity index (χ4n) is 4.57. The van der Waals surface area contributed by atoms with E-state index in [0.29, 0.717) is 0 Å². The zero-order valence-electron chi connectivity index (χ0n) is 17.1. The van der Waals surface area contributed by atoms with Gasteiger partial charge in [-0.15, -0.1) is 0 Å². The van der Waals surface area contributed by atoms with E-state index in [1.54, 1.807) is 0 Å². The topological polar surface area (TPSA) is 0 Å². The van der Waals surface area contributed by atoms with Crippen molar-refractivity contribution >= 4 is 0 Å². The first-order chi connectivity index (χ1) is 12.2. The van der Waals surface area contributed by atoms with Crippen molar-refractivity contribution in [3.05, 3.63) is 95.1 Å². The van der Waals surface area contributed by atoms with Gasteiger partial charge in [0.05, 0.1) is 0 Å². The first-order valence-electron chi connectivity index (χ1n) is 9.70. The zero-order chi connectivity index (χ0) is 19.0. The molecule has 2 aromatic carbocycles. The SMILES string of the molecule is CC(C)(C)C1=CCC(C(c2ccccc2)(c2ccccc2)C(C)(C)C)=C1. The first kappa shape index (κ1) is 18.7. The molecule has 0 N–H and O–H groups in total. The van der Waals surface area contributed by atoms with Gasteiger partial charge >= 0.3 is 0 Å². The Morgan fingerprint density at radius 2 is 1.12 bits per heavy atom. The Kier molecular flexibility index (Phi) is 4.73. The molecule has 0 fully saturated rings. The highest BCUT2D eigenvalue weighted by molar-refractivity contribution is 5.55. The van der Waals surface area contributed by atoms with Crippen LogP contribution < -0.4 is 0 Å². The maximum Gasteiger partial charge on any atom is 0.0465 e. The van der Waals surface area contributed by atoms with Gasteiger partial charge in [0, 0.05) is 5.41 Å². The minimum absolute atomic E-state index is 0.0444. The molecule has 3 rings (SSSR count). The van der Waals surface area contributed by atoms with Crippen LogP contribution in [0.3, 0.4) is 0 Å². The van der Waals surface area contributed by atoms with Crippen molar-refractivity contribution in [1.82, 2.24) is 0 Å². The third kappa shape index (κ3) is 3.07. The largest absolute Gasteiger partial charge is 0.0767 e. The molecular formula is C26H32. The molecule has 26 heavy (non-hydrogen) atoms. The quantitative estimate of drug-likeness (QED) is 0.547. The molecular weight excluding hydrogens is 312 g/mol. The Labute approximate surface area is 159 Å². The van der Waals surface area contributed by atoms with Crippen LogP contribution in [0.25, 0.3) is 0 Å². The number of rotatable bonds is 3. The summed E-state index contributed by atoms with van der Waals surface area (Å²) >= 11 is 0. The van der Waals surface area contributed by atoms with Crippen molar-refractivity contribution in [1.29, 1.82) is 0 Å². The molecule has 0 saturated heterocycles.